The van der Waals surface area contributed by atoms with Crippen LogP contribution in [0, 0.1) is 0 Å². The molecule has 0 bridgehead atoms. The quantitative estimate of drug-likeness (QED) is 0.648. The number of aromatic hydroxyl groups is 1. The molecule has 0 saturated carbocycles. The lowest BCUT2D eigenvalue weighted by atomic mass is 9.81. The van der Waals surface area contributed by atoms with Crippen molar-refractivity contribution in [3.05, 3.63) is 36.8 Å². The number of phenolic OH excluding ortho intramolecular Hbond substituents is 1. The third-order valence-electron chi connectivity index (χ3n) is 4.87. The van der Waals surface area contributed by atoms with E-state index < -0.39 is 0 Å². The number of halogens is 1. The molecule has 4 rings (SSSR count). The molecule has 1 aliphatic heterocycles. The Morgan fingerprint density at radius 3 is 2.30 bits per heavy atom. The molecule has 0 atom stereocenters. The first-order valence-corrected chi connectivity index (χ1v) is 9.57. The van der Waals surface area contributed by atoms with Gasteiger partial charge in [0, 0.05) is 35.5 Å². The smallest absolute Gasteiger partial charge is 0.335 e. The van der Waals surface area contributed by atoms with Crippen molar-refractivity contribution >= 4 is 12.4 Å². The summed E-state index contributed by atoms with van der Waals surface area (Å²) in [6.45, 7) is 8.66. The molecule has 0 amide bonds. The van der Waals surface area contributed by atoms with E-state index in [4.69, 9.17) is 4.74 Å². The van der Waals surface area contributed by atoms with Crippen LogP contribution in [-0.4, -0.2) is 52.5 Å². The third kappa shape index (κ3) is 4.85. The second-order valence-corrected chi connectivity index (χ2v) is 8.69. The van der Waals surface area contributed by atoms with Crippen LogP contribution in [-0.2, 0) is 0 Å². The first kappa shape index (κ1) is 21.9. The average Bonchev–Trinajstić information content (AvgIpc) is 3.14. The molecule has 3 heterocycles. The largest absolute Gasteiger partial charge is 0.507 e. The Morgan fingerprint density at radius 1 is 1.07 bits per heavy atom. The molecule has 1 aromatic carbocycles. The van der Waals surface area contributed by atoms with E-state index in [-0.39, 0.29) is 41.3 Å². The first-order valence-electron chi connectivity index (χ1n) is 9.57. The molecule has 160 valence electrons. The minimum absolute atomic E-state index is 0. The monoisotopic (exact) mass is 431 g/mol. The predicted molar refractivity (Wildman–Crippen MR) is 114 cm³/mol. The van der Waals surface area contributed by atoms with Crippen LogP contribution in [0.3, 0.4) is 0 Å². The Balaban J connectivity index is 0.00000256. The van der Waals surface area contributed by atoms with Gasteiger partial charge in [-0.15, -0.1) is 17.5 Å². The minimum Gasteiger partial charge on any atom is -0.507 e. The van der Waals surface area contributed by atoms with Crippen molar-refractivity contribution in [1.82, 2.24) is 35.5 Å². The maximum Gasteiger partial charge on any atom is 0.335 e. The normalized spacial score (nSPS) is 17.9. The maximum atomic E-state index is 10.4. The van der Waals surface area contributed by atoms with E-state index in [0.717, 1.165) is 12.8 Å². The summed E-state index contributed by atoms with van der Waals surface area (Å²) in [4.78, 5) is 5.72. The zero-order valence-electron chi connectivity index (χ0n) is 17.4. The zero-order chi connectivity index (χ0) is 20.6. The van der Waals surface area contributed by atoms with Gasteiger partial charge in [-0.25, -0.2) is 4.98 Å². The number of hydrogen-bond donors (Lipinski definition) is 2. The van der Waals surface area contributed by atoms with Crippen LogP contribution < -0.4 is 10.1 Å². The Labute approximate surface area is 181 Å². The lowest BCUT2D eigenvalue weighted by Gasteiger charge is -2.45. The van der Waals surface area contributed by atoms with Gasteiger partial charge in [0.15, 0.2) is 0 Å². The molecule has 1 fully saturated rings. The van der Waals surface area contributed by atoms with Crippen LogP contribution in [0.5, 0.6) is 11.8 Å². The summed E-state index contributed by atoms with van der Waals surface area (Å²) in [5.74, 6) is 0.0476. The summed E-state index contributed by atoms with van der Waals surface area (Å²) in [7, 11) is 0. The highest BCUT2D eigenvalue weighted by molar-refractivity contribution is 5.85. The molecule has 10 heteroatoms. The number of aromatic nitrogens is 6. The second-order valence-electron chi connectivity index (χ2n) is 8.69. The zero-order valence-corrected chi connectivity index (χ0v) is 18.2. The molecule has 0 aliphatic carbocycles. The van der Waals surface area contributed by atoms with Gasteiger partial charge in [-0.2, -0.15) is 15.0 Å². The molecular weight excluding hydrogens is 406 g/mol. The van der Waals surface area contributed by atoms with E-state index in [1.54, 1.807) is 36.8 Å². The number of nitrogens with one attached hydrogen (secondary N) is 1. The molecule has 2 aromatic heterocycles. The third-order valence-corrected chi connectivity index (χ3v) is 4.87. The second kappa shape index (κ2) is 8.16. The fourth-order valence-electron chi connectivity index (χ4n) is 4.11. The molecule has 30 heavy (non-hydrogen) atoms. The molecule has 0 radical (unpaired) electrons. The van der Waals surface area contributed by atoms with Gasteiger partial charge < -0.3 is 15.2 Å². The summed E-state index contributed by atoms with van der Waals surface area (Å²) >= 11 is 0. The average molecular weight is 432 g/mol. The van der Waals surface area contributed by atoms with Crippen LogP contribution in [0.15, 0.2) is 36.8 Å². The van der Waals surface area contributed by atoms with Crippen molar-refractivity contribution in [3.8, 4) is 28.7 Å². The number of piperidine rings is 1. The van der Waals surface area contributed by atoms with Crippen molar-refractivity contribution in [2.24, 2.45) is 0 Å². The van der Waals surface area contributed by atoms with Gasteiger partial charge in [0.1, 0.15) is 17.5 Å². The van der Waals surface area contributed by atoms with Crippen molar-refractivity contribution < 1.29 is 9.84 Å². The topological polar surface area (TPSA) is 111 Å². The fourth-order valence-corrected chi connectivity index (χ4v) is 4.11. The molecule has 9 nitrogen and oxygen atoms in total. The Bertz CT molecular complexity index is 975. The van der Waals surface area contributed by atoms with Crippen LogP contribution in [0.4, 0.5) is 0 Å². The van der Waals surface area contributed by atoms with Gasteiger partial charge in [0.25, 0.3) is 0 Å². The Hall–Kier alpha value is -2.78. The van der Waals surface area contributed by atoms with Crippen molar-refractivity contribution in [1.29, 1.82) is 0 Å². The Kier molecular flexibility index (Phi) is 5.96. The van der Waals surface area contributed by atoms with E-state index in [2.05, 4.69) is 58.4 Å². The number of hydrogen-bond acceptors (Lipinski definition) is 8. The van der Waals surface area contributed by atoms with E-state index in [1.165, 1.54) is 4.80 Å². The van der Waals surface area contributed by atoms with Crippen LogP contribution in [0.2, 0.25) is 0 Å². The van der Waals surface area contributed by atoms with Crippen molar-refractivity contribution in [2.75, 3.05) is 0 Å². The number of nitrogens with zero attached hydrogens (tertiary/aromatic N) is 6. The maximum absolute atomic E-state index is 10.4. The van der Waals surface area contributed by atoms with Crippen LogP contribution >= 0.6 is 12.4 Å². The van der Waals surface area contributed by atoms with Crippen LogP contribution in [0.25, 0.3) is 16.9 Å². The van der Waals surface area contributed by atoms with E-state index in [1.807, 2.05) is 0 Å². The predicted octanol–water partition coefficient (Wildman–Crippen LogP) is 2.93. The molecule has 0 spiro atoms. The fraction of sp³-hybridized carbons (Fsp3) is 0.450. The number of phenols is 1. The molecule has 1 saturated heterocycles. The lowest BCUT2D eigenvalue weighted by molar-refractivity contribution is 0.0491. The molecule has 3 aromatic rings. The van der Waals surface area contributed by atoms with E-state index in [0.29, 0.717) is 16.9 Å². The number of benzene rings is 1. The van der Waals surface area contributed by atoms with Gasteiger partial charge >= 0.3 is 6.01 Å². The highest BCUT2D eigenvalue weighted by atomic mass is 35.5. The van der Waals surface area contributed by atoms with Gasteiger partial charge in [-0.05, 0) is 39.8 Å². The van der Waals surface area contributed by atoms with Crippen LogP contribution in [0.1, 0.15) is 40.5 Å². The summed E-state index contributed by atoms with van der Waals surface area (Å²) in [5.41, 5.74) is 1.57. The minimum atomic E-state index is -0.0310. The molecule has 2 N–H and O–H groups in total. The van der Waals surface area contributed by atoms with Gasteiger partial charge in [0.05, 0.1) is 24.3 Å². The highest BCUT2D eigenvalue weighted by Crippen LogP contribution is 2.31. The molecule has 0 unspecified atom stereocenters. The standard InChI is InChI=1S/C20H25N7O2.ClH/c1-19(2)10-14(11-20(3,4)26-19)29-18-21-12-16(24-25-18)15-6-5-13(9-17(15)28)27-22-7-8-23-27;/h5-9,12,14,26,28H,10-11H2,1-4H3;1H. The SMILES string of the molecule is CC1(C)CC(Oc2ncc(-c3ccc(-n4nccn4)cc3O)nn2)CC(C)(C)N1.Cl. The lowest BCUT2D eigenvalue weighted by Crippen LogP contribution is -2.60. The number of rotatable bonds is 4. The van der Waals surface area contributed by atoms with Crippen molar-refractivity contribution in [3.63, 3.8) is 0 Å². The summed E-state index contributed by atoms with van der Waals surface area (Å²) in [6, 6.07) is 5.34. The number of ether oxygens (including phenoxy) is 1. The van der Waals surface area contributed by atoms with Crippen molar-refractivity contribution in [2.45, 2.75) is 57.7 Å². The first-order chi connectivity index (χ1) is 13.7. The summed E-state index contributed by atoms with van der Waals surface area (Å²) in [5, 5.41) is 30.4. The highest BCUT2D eigenvalue weighted by Gasteiger charge is 2.39. The molecular formula is C20H26ClN7O2. The van der Waals surface area contributed by atoms with E-state index in [9.17, 15) is 5.11 Å². The molecule has 1 aliphatic rings. The van der Waals surface area contributed by atoms with Gasteiger partial charge in [-0.3, -0.25) is 0 Å². The van der Waals surface area contributed by atoms with E-state index >= 15 is 0 Å². The Morgan fingerprint density at radius 2 is 1.73 bits per heavy atom. The summed E-state index contributed by atoms with van der Waals surface area (Å²) < 4.78 is 6.01. The van der Waals surface area contributed by atoms with Gasteiger partial charge in [-0.1, -0.05) is 5.10 Å². The summed E-state index contributed by atoms with van der Waals surface area (Å²) in [6.07, 6.45) is 6.41. The van der Waals surface area contributed by atoms with Gasteiger partial charge in [0.2, 0.25) is 0 Å².